The van der Waals surface area contributed by atoms with Crippen molar-refractivity contribution in [2.45, 2.75) is 25.8 Å². The maximum Gasteiger partial charge on any atom is 0.231 e. The van der Waals surface area contributed by atoms with Crippen molar-refractivity contribution in [2.75, 3.05) is 13.1 Å². The summed E-state index contributed by atoms with van der Waals surface area (Å²) in [6, 6.07) is 11.0. The van der Waals surface area contributed by atoms with E-state index in [-0.39, 0.29) is 17.3 Å². The summed E-state index contributed by atoms with van der Waals surface area (Å²) in [4.78, 5) is 17.5. The average molecular weight is 374 g/mol. The summed E-state index contributed by atoms with van der Waals surface area (Å²) in [6.07, 6.45) is 7.26. The predicted molar refractivity (Wildman–Crippen MR) is 105 cm³/mol. The van der Waals surface area contributed by atoms with E-state index in [1.165, 1.54) is 30.2 Å². The Morgan fingerprint density at radius 2 is 1.93 bits per heavy atom. The number of quaternary nitrogens is 1. The number of likely N-dealkylation sites (tertiary alicyclic amines) is 1. The number of H-pyrrole nitrogens is 1. The molecule has 0 spiro atoms. The Morgan fingerprint density at radius 3 is 2.79 bits per heavy atom. The van der Waals surface area contributed by atoms with Crippen LogP contribution in [0.25, 0.3) is 17.0 Å². The number of fused-ring (bicyclic) bond motifs is 2. The molecule has 0 saturated carbocycles. The number of Topliss-reactive ketones (excluding diaryl/α,β-unsaturated/α-hetero) is 1. The van der Waals surface area contributed by atoms with Gasteiger partial charge in [-0.25, -0.2) is 0 Å². The summed E-state index contributed by atoms with van der Waals surface area (Å²) in [6.45, 7) is 2.75. The molecule has 3 aromatic rings. The first kappa shape index (κ1) is 17.1. The van der Waals surface area contributed by atoms with Gasteiger partial charge in [-0.3, -0.25) is 4.79 Å². The summed E-state index contributed by atoms with van der Waals surface area (Å²) < 4.78 is 5.98. The molecule has 5 rings (SSSR count). The SMILES string of the molecule is O=C1C(=Cc2c[nH]c3ccccc23)Oc2c1ccc([O-])c2C[NH+]1CCCCC1. The first-order valence-electron chi connectivity index (χ1n) is 9.87. The van der Waals surface area contributed by atoms with Gasteiger partial charge in [-0.1, -0.05) is 30.0 Å². The fourth-order valence-corrected chi connectivity index (χ4v) is 4.29. The van der Waals surface area contributed by atoms with Gasteiger partial charge in [0.25, 0.3) is 0 Å². The van der Waals surface area contributed by atoms with Crippen LogP contribution < -0.4 is 14.7 Å². The van der Waals surface area contributed by atoms with Gasteiger partial charge in [-0.2, -0.15) is 0 Å². The van der Waals surface area contributed by atoms with E-state index in [9.17, 15) is 9.90 Å². The van der Waals surface area contributed by atoms with Gasteiger partial charge >= 0.3 is 0 Å². The lowest BCUT2D eigenvalue weighted by molar-refractivity contribution is -0.918. The number of carbonyl (C=O) groups excluding carboxylic acids is 1. The Bertz CT molecular complexity index is 1090. The summed E-state index contributed by atoms with van der Waals surface area (Å²) in [7, 11) is 0. The number of allylic oxidation sites excluding steroid dienone is 1. The number of carbonyl (C=O) groups is 1. The molecule has 0 aliphatic carbocycles. The number of piperidine rings is 1. The first-order chi connectivity index (χ1) is 13.7. The molecule has 2 aliphatic heterocycles. The van der Waals surface area contributed by atoms with Gasteiger partial charge < -0.3 is 19.7 Å². The third-order valence-corrected chi connectivity index (χ3v) is 5.79. The largest absolute Gasteiger partial charge is 0.872 e. The molecule has 2 aromatic carbocycles. The maximum atomic E-state index is 12.9. The highest BCUT2D eigenvalue weighted by molar-refractivity contribution is 6.15. The highest BCUT2D eigenvalue weighted by atomic mass is 16.5. The zero-order valence-corrected chi connectivity index (χ0v) is 15.6. The second kappa shape index (κ2) is 6.84. The standard InChI is InChI=1S/C23H22N2O3/c26-20-9-8-17-22(27)21(12-15-13-24-19-7-3-2-6-16(15)19)28-23(17)18(20)14-25-10-4-1-5-11-25/h2-3,6-9,12-13,24,26H,1,4-5,10-11,14H2. The number of ether oxygens (including phenoxy) is 1. The first-order valence-corrected chi connectivity index (χ1v) is 9.87. The minimum atomic E-state index is -0.157. The number of aromatic nitrogens is 1. The van der Waals surface area contributed by atoms with Crippen LogP contribution in [0.2, 0.25) is 0 Å². The third-order valence-electron chi connectivity index (χ3n) is 5.79. The normalized spacial score (nSPS) is 18.6. The molecule has 1 saturated heterocycles. The van der Waals surface area contributed by atoms with Crippen LogP contribution in [0.5, 0.6) is 11.5 Å². The molecule has 0 atom stereocenters. The van der Waals surface area contributed by atoms with Crippen molar-refractivity contribution in [1.29, 1.82) is 0 Å². The van der Waals surface area contributed by atoms with Crippen molar-refractivity contribution < 1.29 is 19.5 Å². The van der Waals surface area contributed by atoms with Crippen molar-refractivity contribution in [1.82, 2.24) is 4.98 Å². The van der Waals surface area contributed by atoms with Crippen LogP contribution in [0, 0.1) is 0 Å². The molecular formula is C23H22N2O3. The van der Waals surface area contributed by atoms with E-state index in [2.05, 4.69) is 4.98 Å². The number of hydrogen-bond acceptors (Lipinski definition) is 3. The molecule has 142 valence electrons. The fraction of sp³-hybridized carbons (Fsp3) is 0.261. The lowest BCUT2D eigenvalue weighted by Gasteiger charge is -2.26. The molecule has 2 aliphatic rings. The lowest BCUT2D eigenvalue weighted by Crippen LogP contribution is -3.11. The Balaban J connectivity index is 1.50. The summed E-state index contributed by atoms with van der Waals surface area (Å²) in [5, 5.41) is 13.6. The van der Waals surface area contributed by atoms with E-state index in [1.54, 1.807) is 12.1 Å². The van der Waals surface area contributed by atoms with Gasteiger partial charge in [-0.05, 0) is 37.5 Å². The minimum absolute atomic E-state index is 0.0435. The molecule has 2 N–H and O–H groups in total. The monoisotopic (exact) mass is 374 g/mol. The fourth-order valence-electron chi connectivity index (χ4n) is 4.29. The summed E-state index contributed by atoms with van der Waals surface area (Å²) in [5.41, 5.74) is 3.04. The van der Waals surface area contributed by atoms with Crippen LogP contribution in [0.4, 0.5) is 0 Å². The molecular weight excluding hydrogens is 352 g/mol. The van der Waals surface area contributed by atoms with Crippen LogP contribution >= 0.6 is 0 Å². The van der Waals surface area contributed by atoms with Gasteiger partial charge in [-0.15, -0.1) is 0 Å². The molecule has 0 bridgehead atoms. The number of benzene rings is 2. The van der Waals surface area contributed by atoms with Crippen molar-refractivity contribution in [3.63, 3.8) is 0 Å². The van der Waals surface area contributed by atoms with Crippen molar-refractivity contribution >= 4 is 22.8 Å². The van der Waals surface area contributed by atoms with Crippen LogP contribution in [-0.4, -0.2) is 23.9 Å². The van der Waals surface area contributed by atoms with Crippen LogP contribution in [0.3, 0.4) is 0 Å². The molecule has 3 heterocycles. The van der Waals surface area contributed by atoms with Gasteiger partial charge in [0, 0.05) is 28.2 Å². The number of aromatic amines is 1. The predicted octanol–water partition coefficient (Wildman–Crippen LogP) is 2.43. The molecule has 0 unspecified atom stereocenters. The Morgan fingerprint density at radius 1 is 1.11 bits per heavy atom. The third kappa shape index (κ3) is 2.88. The second-order valence-corrected chi connectivity index (χ2v) is 7.64. The van der Waals surface area contributed by atoms with E-state index < -0.39 is 0 Å². The zero-order chi connectivity index (χ0) is 19.1. The summed E-state index contributed by atoms with van der Waals surface area (Å²) in [5.74, 6) is 0.537. The van der Waals surface area contributed by atoms with Gasteiger partial charge in [0.15, 0.2) is 5.76 Å². The number of rotatable bonds is 3. The highest BCUT2D eigenvalue weighted by Gasteiger charge is 2.31. The quantitative estimate of drug-likeness (QED) is 0.692. The second-order valence-electron chi connectivity index (χ2n) is 7.64. The minimum Gasteiger partial charge on any atom is -0.872 e. The number of nitrogens with one attached hydrogen (secondary N) is 2. The molecule has 1 aromatic heterocycles. The van der Waals surface area contributed by atoms with Crippen molar-refractivity contribution in [3.8, 4) is 11.5 Å². The van der Waals surface area contributed by atoms with Crippen LogP contribution in [0.1, 0.15) is 40.7 Å². The Hall–Kier alpha value is -3.05. The number of hydrogen-bond donors (Lipinski definition) is 2. The van der Waals surface area contributed by atoms with Crippen LogP contribution in [0.15, 0.2) is 48.4 Å². The molecule has 0 amide bonds. The van der Waals surface area contributed by atoms with E-state index in [0.717, 1.165) is 29.6 Å². The van der Waals surface area contributed by atoms with Gasteiger partial charge in [0.1, 0.15) is 12.3 Å². The molecule has 5 heteroatoms. The average Bonchev–Trinajstić information content (AvgIpc) is 3.27. The van der Waals surface area contributed by atoms with Crippen molar-refractivity contribution in [3.05, 3.63) is 65.0 Å². The maximum absolute atomic E-state index is 12.9. The van der Waals surface area contributed by atoms with E-state index in [4.69, 9.17) is 4.74 Å². The topological polar surface area (TPSA) is 69.6 Å². The molecule has 1 fully saturated rings. The number of ketones is 1. The molecule has 0 radical (unpaired) electrons. The van der Waals surface area contributed by atoms with E-state index in [1.807, 2.05) is 30.5 Å². The smallest absolute Gasteiger partial charge is 0.231 e. The van der Waals surface area contributed by atoms with Gasteiger partial charge in [0.05, 0.1) is 18.7 Å². The van der Waals surface area contributed by atoms with Crippen LogP contribution in [-0.2, 0) is 6.54 Å². The Labute approximate surface area is 163 Å². The van der Waals surface area contributed by atoms with Gasteiger partial charge in [0.2, 0.25) is 5.78 Å². The zero-order valence-electron chi connectivity index (χ0n) is 15.6. The van der Waals surface area contributed by atoms with E-state index in [0.29, 0.717) is 23.4 Å². The molecule has 28 heavy (non-hydrogen) atoms. The summed E-state index contributed by atoms with van der Waals surface area (Å²) >= 11 is 0. The Kier molecular flexibility index (Phi) is 4.17. The molecule has 5 nitrogen and oxygen atoms in total. The highest BCUT2D eigenvalue weighted by Crippen LogP contribution is 2.38. The van der Waals surface area contributed by atoms with E-state index >= 15 is 0 Å². The van der Waals surface area contributed by atoms with Crippen molar-refractivity contribution in [2.24, 2.45) is 0 Å². The lowest BCUT2D eigenvalue weighted by atomic mass is 10.0. The number of para-hydroxylation sites is 1.